The summed E-state index contributed by atoms with van der Waals surface area (Å²) in [6.07, 6.45) is -0.114. The average Bonchev–Trinajstić information content (AvgIpc) is 2.18. The Labute approximate surface area is 92.7 Å². The number of rotatable bonds is 4. The summed E-state index contributed by atoms with van der Waals surface area (Å²) < 4.78 is 0. The Balaban J connectivity index is 2.74. The Morgan fingerprint density at radius 1 is 1.33 bits per heavy atom. The zero-order valence-electron chi connectivity index (χ0n) is 8.29. The van der Waals surface area contributed by atoms with Gasteiger partial charge in [0.15, 0.2) is 5.78 Å². The highest BCUT2D eigenvalue weighted by molar-refractivity contribution is 6.31. The second-order valence-electron chi connectivity index (χ2n) is 3.28. The molecule has 0 radical (unpaired) electrons. The van der Waals surface area contributed by atoms with Crippen molar-refractivity contribution in [1.29, 1.82) is 0 Å². The van der Waals surface area contributed by atoms with Crippen molar-refractivity contribution in [2.75, 3.05) is 0 Å². The van der Waals surface area contributed by atoms with Crippen LogP contribution in [0, 0.1) is 6.92 Å². The van der Waals surface area contributed by atoms with E-state index < -0.39 is 5.97 Å². The van der Waals surface area contributed by atoms with Gasteiger partial charge in [-0.25, -0.2) is 0 Å². The normalized spacial score (nSPS) is 10.0. The van der Waals surface area contributed by atoms with Gasteiger partial charge in [-0.1, -0.05) is 11.6 Å². The Kier molecular flexibility index (Phi) is 3.86. The SMILES string of the molecule is Cc1cc(C(=O)CCC(=O)O)ccc1Cl. The molecule has 0 aromatic heterocycles. The molecule has 4 heteroatoms. The van der Waals surface area contributed by atoms with Crippen LogP contribution in [0.4, 0.5) is 0 Å². The third-order valence-corrected chi connectivity index (χ3v) is 2.47. The molecule has 1 N–H and O–H groups in total. The van der Waals surface area contributed by atoms with E-state index in [1.807, 2.05) is 0 Å². The second kappa shape index (κ2) is 4.94. The Morgan fingerprint density at radius 3 is 2.53 bits per heavy atom. The Bertz CT molecular complexity index is 399. The maximum Gasteiger partial charge on any atom is 0.303 e. The molecular weight excluding hydrogens is 216 g/mol. The molecule has 1 rings (SSSR count). The van der Waals surface area contributed by atoms with E-state index in [4.69, 9.17) is 16.7 Å². The summed E-state index contributed by atoms with van der Waals surface area (Å²) in [5.74, 6) is -1.13. The minimum absolute atomic E-state index is 0.0242. The fraction of sp³-hybridized carbons (Fsp3) is 0.273. The smallest absolute Gasteiger partial charge is 0.303 e. The van der Waals surface area contributed by atoms with Crippen LogP contribution in [-0.4, -0.2) is 16.9 Å². The van der Waals surface area contributed by atoms with Gasteiger partial charge in [-0.05, 0) is 30.7 Å². The first-order valence-electron chi connectivity index (χ1n) is 4.52. The topological polar surface area (TPSA) is 54.4 Å². The van der Waals surface area contributed by atoms with E-state index in [2.05, 4.69) is 0 Å². The van der Waals surface area contributed by atoms with E-state index in [-0.39, 0.29) is 18.6 Å². The van der Waals surface area contributed by atoms with Crippen molar-refractivity contribution in [2.24, 2.45) is 0 Å². The van der Waals surface area contributed by atoms with Gasteiger partial charge in [0.05, 0.1) is 6.42 Å². The van der Waals surface area contributed by atoms with Gasteiger partial charge < -0.3 is 5.11 Å². The van der Waals surface area contributed by atoms with Gasteiger partial charge in [-0.3, -0.25) is 9.59 Å². The zero-order valence-corrected chi connectivity index (χ0v) is 9.04. The summed E-state index contributed by atoms with van der Waals surface area (Å²) in [6.45, 7) is 1.80. The van der Waals surface area contributed by atoms with E-state index >= 15 is 0 Å². The molecule has 80 valence electrons. The summed E-state index contributed by atoms with van der Waals surface area (Å²) in [5, 5.41) is 9.04. The van der Waals surface area contributed by atoms with Gasteiger partial charge in [-0.2, -0.15) is 0 Å². The molecule has 1 aromatic carbocycles. The third-order valence-electron chi connectivity index (χ3n) is 2.05. The minimum Gasteiger partial charge on any atom is -0.481 e. The lowest BCUT2D eigenvalue weighted by molar-refractivity contribution is -0.136. The van der Waals surface area contributed by atoms with Crippen LogP contribution in [0.15, 0.2) is 18.2 Å². The maximum absolute atomic E-state index is 11.5. The molecule has 0 fully saturated rings. The summed E-state index contributed by atoms with van der Waals surface area (Å²) in [5.41, 5.74) is 1.33. The molecule has 0 aliphatic heterocycles. The van der Waals surface area contributed by atoms with Crippen LogP contribution in [0.1, 0.15) is 28.8 Å². The van der Waals surface area contributed by atoms with Gasteiger partial charge in [0.1, 0.15) is 0 Å². The predicted molar refractivity (Wildman–Crippen MR) is 57.4 cm³/mol. The molecular formula is C11H11ClO3. The van der Waals surface area contributed by atoms with Gasteiger partial charge in [-0.15, -0.1) is 0 Å². The van der Waals surface area contributed by atoms with Crippen molar-refractivity contribution >= 4 is 23.4 Å². The van der Waals surface area contributed by atoms with Gasteiger partial charge in [0, 0.05) is 17.0 Å². The van der Waals surface area contributed by atoms with Crippen molar-refractivity contribution in [3.05, 3.63) is 34.3 Å². The number of benzene rings is 1. The van der Waals surface area contributed by atoms with Gasteiger partial charge >= 0.3 is 5.97 Å². The number of halogens is 1. The quantitative estimate of drug-likeness (QED) is 0.804. The summed E-state index contributed by atoms with van der Waals surface area (Å²) in [4.78, 5) is 21.8. The van der Waals surface area contributed by atoms with E-state index in [1.54, 1.807) is 25.1 Å². The lowest BCUT2D eigenvalue weighted by Gasteiger charge is -2.02. The molecule has 0 bridgehead atoms. The predicted octanol–water partition coefficient (Wildman–Crippen LogP) is 2.70. The van der Waals surface area contributed by atoms with Crippen molar-refractivity contribution in [3.63, 3.8) is 0 Å². The average molecular weight is 227 g/mol. The Morgan fingerprint density at radius 2 is 2.00 bits per heavy atom. The summed E-state index contributed by atoms with van der Waals surface area (Å²) >= 11 is 5.81. The highest BCUT2D eigenvalue weighted by Gasteiger charge is 2.09. The third kappa shape index (κ3) is 3.36. The van der Waals surface area contributed by atoms with Crippen LogP contribution in [-0.2, 0) is 4.79 Å². The maximum atomic E-state index is 11.5. The number of ketones is 1. The number of carboxylic acids is 1. The highest BCUT2D eigenvalue weighted by Crippen LogP contribution is 2.17. The molecule has 0 saturated heterocycles. The highest BCUT2D eigenvalue weighted by atomic mass is 35.5. The number of carboxylic acid groups (broad SMARTS) is 1. The van der Waals surface area contributed by atoms with Crippen molar-refractivity contribution in [2.45, 2.75) is 19.8 Å². The van der Waals surface area contributed by atoms with Crippen LogP contribution in [0.2, 0.25) is 5.02 Å². The molecule has 0 aliphatic rings. The van der Waals surface area contributed by atoms with Crippen LogP contribution >= 0.6 is 11.6 Å². The van der Waals surface area contributed by atoms with Crippen LogP contribution in [0.5, 0.6) is 0 Å². The molecule has 1 aromatic rings. The number of aliphatic carboxylic acids is 1. The zero-order chi connectivity index (χ0) is 11.4. The van der Waals surface area contributed by atoms with Crippen LogP contribution < -0.4 is 0 Å². The number of carbonyl (C=O) groups excluding carboxylic acids is 1. The molecule has 0 atom stereocenters. The van der Waals surface area contributed by atoms with Crippen molar-refractivity contribution in [1.82, 2.24) is 0 Å². The first kappa shape index (κ1) is 11.7. The van der Waals surface area contributed by atoms with E-state index in [0.29, 0.717) is 10.6 Å². The molecule has 0 aliphatic carbocycles. The largest absolute Gasteiger partial charge is 0.481 e. The fourth-order valence-electron chi connectivity index (χ4n) is 1.18. The van der Waals surface area contributed by atoms with Crippen LogP contribution in [0.25, 0.3) is 0 Å². The minimum atomic E-state index is -0.964. The van der Waals surface area contributed by atoms with Crippen molar-refractivity contribution in [3.8, 4) is 0 Å². The Hall–Kier alpha value is -1.35. The summed E-state index contributed by atoms with van der Waals surface area (Å²) in [7, 11) is 0. The molecule has 0 spiro atoms. The number of hydrogen-bond donors (Lipinski definition) is 1. The van der Waals surface area contributed by atoms with Gasteiger partial charge in [0.25, 0.3) is 0 Å². The monoisotopic (exact) mass is 226 g/mol. The number of aryl methyl sites for hydroxylation is 1. The van der Waals surface area contributed by atoms with E-state index in [0.717, 1.165) is 5.56 Å². The lowest BCUT2D eigenvalue weighted by Crippen LogP contribution is -2.03. The molecule has 0 unspecified atom stereocenters. The first-order valence-corrected chi connectivity index (χ1v) is 4.89. The number of carbonyl (C=O) groups is 2. The lowest BCUT2D eigenvalue weighted by atomic mass is 10.0. The fourth-order valence-corrected chi connectivity index (χ4v) is 1.30. The molecule has 3 nitrogen and oxygen atoms in total. The van der Waals surface area contributed by atoms with Gasteiger partial charge in [0.2, 0.25) is 0 Å². The summed E-state index contributed by atoms with van der Waals surface area (Å²) in [6, 6.07) is 4.93. The molecule has 0 heterocycles. The second-order valence-corrected chi connectivity index (χ2v) is 3.69. The van der Waals surface area contributed by atoms with E-state index in [9.17, 15) is 9.59 Å². The molecule has 15 heavy (non-hydrogen) atoms. The van der Waals surface area contributed by atoms with Crippen LogP contribution in [0.3, 0.4) is 0 Å². The number of Topliss-reactive ketones (excluding diaryl/α,β-unsaturated/α-hetero) is 1. The molecule has 0 saturated carbocycles. The molecule has 0 amide bonds. The first-order chi connectivity index (χ1) is 7.00. The standard InChI is InChI=1S/C11H11ClO3/c1-7-6-8(2-3-9(7)12)10(13)4-5-11(14)15/h2-3,6H,4-5H2,1H3,(H,14,15). The van der Waals surface area contributed by atoms with E-state index in [1.165, 1.54) is 0 Å². The number of hydrogen-bond acceptors (Lipinski definition) is 2. The van der Waals surface area contributed by atoms with Crippen molar-refractivity contribution < 1.29 is 14.7 Å².